The van der Waals surface area contributed by atoms with Gasteiger partial charge in [-0.3, -0.25) is 10.1 Å². The number of hydrogen-bond donors (Lipinski definition) is 3. The van der Waals surface area contributed by atoms with Crippen LogP contribution in [0.2, 0.25) is 0 Å². The molecule has 0 heterocycles. The normalized spacial score (nSPS) is 13.4. The first-order chi connectivity index (χ1) is 9.25. The van der Waals surface area contributed by atoms with E-state index in [1.54, 1.807) is 0 Å². The van der Waals surface area contributed by atoms with Gasteiger partial charge >= 0.3 is 6.18 Å². The van der Waals surface area contributed by atoms with E-state index in [2.05, 4.69) is 5.32 Å². The molecule has 1 aromatic carbocycles. The Morgan fingerprint density at radius 3 is 2.60 bits per heavy atom. The third kappa shape index (κ3) is 4.21. The summed E-state index contributed by atoms with van der Waals surface area (Å²) in [5.74, 6) is 0. The minimum atomic E-state index is -4.67. The van der Waals surface area contributed by atoms with E-state index < -0.39 is 35.1 Å². The Bertz CT molecular complexity index is 517. The molecule has 0 radical (unpaired) electrons. The lowest BCUT2D eigenvalue weighted by molar-refractivity contribution is -0.384. The van der Waals surface area contributed by atoms with Gasteiger partial charge in [-0.05, 0) is 24.4 Å². The molecule has 0 saturated heterocycles. The van der Waals surface area contributed by atoms with Crippen LogP contribution in [0, 0.1) is 10.1 Å². The van der Waals surface area contributed by atoms with Crippen LogP contribution in [0.25, 0.3) is 0 Å². The van der Waals surface area contributed by atoms with E-state index in [9.17, 15) is 23.3 Å². The molecule has 0 fully saturated rings. The number of alkyl halides is 3. The van der Waals surface area contributed by atoms with Gasteiger partial charge in [-0.1, -0.05) is 0 Å². The number of nitro groups is 1. The third-order valence-corrected chi connectivity index (χ3v) is 2.27. The first kappa shape index (κ1) is 15.9. The van der Waals surface area contributed by atoms with Crippen molar-refractivity contribution in [1.29, 1.82) is 0 Å². The van der Waals surface area contributed by atoms with Crippen LogP contribution in [-0.2, 0) is 6.18 Å². The predicted molar refractivity (Wildman–Crippen MR) is 64.0 cm³/mol. The van der Waals surface area contributed by atoms with Crippen molar-refractivity contribution in [3.05, 3.63) is 46.2 Å². The summed E-state index contributed by atoms with van der Waals surface area (Å²) < 4.78 is 37.3. The van der Waals surface area contributed by atoms with Crippen LogP contribution >= 0.6 is 0 Å². The number of anilines is 1. The molecule has 3 N–H and O–H groups in total. The van der Waals surface area contributed by atoms with Crippen LogP contribution < -0.4 is 5.32 Å². The van der Waals surface area contributed by atoms with Crippen LogP contribution in [0.5, 0.6) is 0 Å². The first-order valence-electron chi connectivity index (χ1n) is 5.33. The Hall–Kier alpha value is -2.13. The molecule has 110 valence electrons. The van der Waals surface area contributed by atoms with Crippen LogP contribution in [0.15, 0.2) is 30.5 Å². The fourth-order valence-corrected chi connectivity index (χ4v) is 1.29. The van der Waals surface area contributed by atoms with E-state index in [1.807, 2.05) is 0 Å². The van der Waals surface area contributed by atoms with Gasteiger partial charge in [0.1, 0.15) is 5.69 Å². The SMILES string of the molecule is O=[N+]([O-])c1cc(C(F)(F)F)ccc1NC=CC(O)CO. The van der Waals surface area contributed by atoms with Gasteiger partial charge in [-0.25, -0.2) is 0 Å². The Morgan fingerprint density at radius 1 is 1.45 bits per heavy atom. The van der Waals surface area contributed by atoms with E-state index >= 15 is 0 Å². The number of aliphatic hydroxyl groups excluding tert-OH is 2. The molecule has 0 spiro atoms. The smallest absolute Gasteiger partial charge is 0.393 e. The van der Waals surface area contributed by atoms with E-state index in [4.69, 9.17) is 10.2 Å². The number of benzene rings is 1. The van der Waals surface area contributed by atoms with Crippen molar-refractivity contribution >= 4 is 11.4 Å². The molecule has 1 unspecified atom stereocenters. The molecule has 0 bridgehead atoms. The number of halogens is 3. The van der Waals surface area contributed by atoms with Gasteiger partial charge in [-0.15, -0.1) is 0 Å². The van der Waals surface area contributed by atoms with Gasteiger partial charge in [0, 0.05) is 6.07 Å². The summed E-state index contributed by atoms with van der Waals surface area (Å²) in [4.78, 5) is 9.79. The van der Waals surface area contributed by atoms with Gasteiger partial charge in [-0.2, -0.15) is 13.2 Å². The standard InChI is InChI=1S/C11H11F3N2O4/c12-11(13,14)7-1-2-9(10(5-7)16(19)20)15-4-3-8(18)6-17/h1-5,8,15,17-18H,6H2. The van der Waals surface area contributed by atoms with Crippen LogP contribution in [0.4, 0.5) is 24.5 Å². The van der Waals surface area contributed by atoms with Crippen molar-refractivity contribution in [2.45, 2.75) is 12.3 Å². The second-order valence-corrected chi connectivity index (χ2v) is 3.74. The van der Waals surface area contributed by atoms with Crippen LogP contribution in [-0.4, -0.2) is 27.8 Å². The number of nitrogens with one attached hydrogen (secondary N) is 1. The van der Waals surface area contributed by atoms with Crippen molar-refractivity contribution in [2.75, 3.05) is 11.9 Å². The fraction of sp³-hybridized carbons (Fsp3) is 0.273. The molecule has 20 heavy (non-hydrogen) atoms. The first-order valence-corrected chi connectivity index (χ1v) is 5.33. The lowest BCUT2D eigenvalue weighted by Gasteiger charge is -2.08. The summed E-state index contributed by atoms with van der Waals surface area (Å²) in [5.41, 5.74) is -2.04. The molecular weight excluding hydrogens is 281 g/mol. The Balaban J connectivity index is 3.03. The average Bonchev–Trinajstić information content (AvgIpc) is 2.37. The number of rotatable bonds is 5. The predicted octanol–water partition coefficient (Wildman–Crippen LogP) is 1.89. The quantitative estimate of drug-likeness (QED) is 0.569. The fourth-order valence-electron chi connectivity index (χ4n) is 1.29. The van der Waals surface area contributed by atoms with E-state index in [1.165, 1.54) is 0 Å². The topological polar surface area (TPSA) is 95.6 Å². The minimum absolute atomic E-state index is 0.163. The summed E-state index contributed by atoms with van der Waals surface area (Å²) in [6.07, 6.45) is -3.65. The zero-order valence-corrected chi connectivity index (χ0v) is 9.96. The second kappa shape index (κ2) is 6.35. The molecule has 0 aromatic heterocycles. The summed E-state index contributed by atoms with van der Waals surface area (Å²) in [6.45, 7) is -0.548. The zero-order chi connectivity index (χ0) is 15.3. The van der Waals surface area contributed by atoms with Crippen molar-refractivity contribution in [3.63, 3.8) is 0 Å². The lowest BCUT2D eigenvalue weighted by atomic mass is 10.1. The highest BCUT2D eigenvalue weighted by molar-refractivity contribution is 5.64. The molecule has 9 heteroatoms. The molecule has 0 aliphatic rings. The maximum absolute atomic E-state index is 12.4. The van der Waals surface area contributed by atoms with Crippen molar-refractivity contribution in [2.24, 2.45) is 0 Å². The van der Waals surface area contributed by atoms with Crippen molar-refractivity contribution in [3.8, 4) is 0 Å². The molecule has 0 amide bonds. The summed E-state index contributed by atoms with van der Waals surface area (Å²) >= 11 is 0. The molecular formula is C11H11F3N2O4. The third-order valence-electron chi connectivity index (χ3n) is 2.27. The van der Waals surface area contributed by atoms with Gasteiger partial charge in [0.2, 0.25) is 0 Å². The number of nitro benzene ring substituents is 1. The second-order valence-electron chi connectivity index (χ2n) is 3.74. The molecule has 1 rings (SSSR count). The maximum Gasteiger partial charge on any atom is 0.416 e. The monoisotopic (exact) mass is 292 g/mol. The Morgan fingerprint density at radius 2 is 2.10 bits per heavy atom. The molecule has 1 atom stereocenters. The summed E-state index contributed by atoms with van der Waals surface area (Å²) in [5, 5.41) is 30.7. The highest BCUT2D eigenvalue weighted by Gasteiger charge is 2.32. The van der Waals surface area contributed by atoms with Gasteiger partial charge < -0.3 is 15.5 Å². The molecule has 1 aromatic rings. The maximum atomic E-state index is 12.4. The van der Waals surface area contributed by atoms with Gasteiger partial charge in [0.05, 0.1) is 23.2 Å². The van der Waals surface area contributed by atoms with E-state index in [-0.39, 0.29) is 5.69 Å². The highest BCUT2D eigenvalue weighted by Crippen LogP contribution is 2.34. The van der Waals surface area contributed by atoms with E-state index in [0.717, 1.165) is 18.3 Å². The minimum Gasteiger partial charge on any atom is -0.393 e. The zero-order valence-electron chi connectivity index (χ0n) is 9.96. The molecule has 0 aliphatic heterocycles. The number of nitrogens with zero attached hydrogens (tertiary/aromatic N) is 1. The van der Waals surface area contributed by atoms with Crippen LogP contribution in [0.3, 0.4) is 0 Å². The van der Waals surface area contributed by atoms with Crippen LogP contribution in [0.1, 0.15) is 5.56 Å². The molecule has 6 nitrogen and oxygen atoms in total. The van der Waals surface area contributed by atoms with Gasteiger partial charge in [0.25, 0.3) is 5.69 Å². The molecule has 0 saturated carbocycles. The summed E-state index contributed by atoms with van der Waals surface area (Å²) in [6, 6.07) is 2.03. The van der Waals surface area contributed by atoms with Crippen molar-refractivity contribution < 1.29 is 28.3 Å². The Labute approximate surface area is 111 Å². The molecule has 0 aliphatic carbocycles. The highest BCUT2D eigenvalue weighted by atomic mass is 19.4. The van der Waals surface area contributed by atoms with Gasteiger partial charge in [0.15, 0.2) is 0 Å². The number of hydrogen-bond acceptors (Lipinski definition) is 5. The lowest BCUT2D eigenvalue weighted by Crippen LogP contribution is -2.09. The summed E-state index contributed by atoms with van der Waals surface area (Å²) in [7, 11) is 0. The van der Waals surface area contributed by atoms with E-state index in [0.29, 0.717) is 12.1 Å². The Kier molecular flexibility index (Phi) is 5.06. The largest absolute Gasteiger partial charge is 0.416 e. The number of aliphatic hydroxyl groups is 2. The average molecular weight is 292 g/mol. The van der Waals surface area contributed by atoms with Crippen molar-refractivity contribution in [1.82, 2.24) is 0 Å².